The van der Waals surface area contributed by atoms with Gasteiger partial charge in [-0.1, -0.05) is 35.3 Å². The van der Waals surface area contributed by atoms with E-state index < -0.39 is 30.0 Å². The van der Waals surface area contributed by atoms with Gasteiger partial charge in [0.25, 0.3) is 0 Å². The van der Waals surface area contributed by atoms with E-state index in [4.69, 9.17) is 23.2 Å². The number of hydrogen-bond donors (Lipinski definition) is 2. The Morgan fingerprint density at radius 3 is 2.48 bits per heavy atom. The van der Waals surface area contributed by atoms with Crippen molar-refractivity contribution >= 4 is 46.9 Å². The van der Waals surface area contributed by atoms with Crippen molar-refractivity contribution in [2.45, 2.75) is 12.6 Å². The first kappa shape index (κ1) is 20.7. The van der Waals surface area contributed by atoms with E-state index >= 15 is 0 Å². The maximum atomic E-state index is 12.6. The Kier molecular flexibility index (Phi) is 6.81. The molecule has 0 radical (unpaired) electrons. The van der Waals surface area contributed by atoms with Crippen LogP contribution in [0.3, 0.4) is 0 Å². The molecule has 2 aromatic carbocycles. The molecule has 5 nitrogen and oxygen atoms in total. The lowest BCUT2D eigenvalue weighted by Gasteiger charge is -2.09. The SMILES string of the molecule is O=C(CC(=O)Nc1cccc(C(F)(F)F)c1)N/N=C\c1ccc(Cl)cc1Cl. The molecule has 2 N–H and O–H groups in total. The van der Waals surface area contributed by atoms with Crippen LogP contribution >= 0.6 is 23.2 Å². The number of benzene rings is 2. The number of carbonyl (C=O) groups excluding carboxylic acids is 2. The Morgan fingerprint density at radius 1 is 1.07 bits per heavy atom. The predicted molar refractivity (Wildman–Crippen MR) is 96.9 cm³/mol. The molecular weight excluding hydrogens is 406 g/mol. The molecule has 142 valence electrons. The van der Waals surface area contributed by atoms with Crippen LogP contribution in [0.25, 0.3) is 0 Å². The Labute approximate surface area is 162 Å². The molecular formula is C17H12Cl2F3N3O2. The second-order valence-corrected chi connectivity index (χ2v) is 6.11. The highest BCUT2D eigenvalue weighted by Crippen LogP contribution is 2.30. The van der Waals surface area contributed by atoms with Gasteiger partial charge in [0, 0.05) is 16.3 Å². The quantitative estimate of drug-likeness (QED) is 0.427. The number of nitrogens with one attached hydrogen (secondary N) is 2. The van der Waals surface area contributed by atoms with Gasteiger partial charge in [0.05, 0.1) is 16.8 Å². The number of amides is 2. The smallest absolute Gasteiger partial charge is 0.326 e. The summed E-state index contributed by atoms with van der Waals surface area (Å²) in [5.74, 6) is -1.53. The van der Waals surface area contributed by atoms with Crippen molar-refractivity contribution < 1.29 is 22.8 Å². The largest absolute Gasteiger partial charge is 0.416 e. The number of halogens is 5. The normalized spacial score (nSPS) is 11.4. The van der Waals surface area contributed by atoms with E-state index in [9.17, 15) is 22.8 Å². The maximum absolute atomic E-state index is 12.6. The van der Waals surface area contributed by atoms with E-state index in [0.29, 0.717) is 15.6 Å². The topological polar surface area (TPSA) is 70.6 Å². The molecule has 0 saturated heterocycles. The molecule has 0 aliphatic carbocycles. The molecule has 0 unspecified atom stereocenters. The van der Waals surface area contributed by atoms with Crippen LogP contribution in [0.4, 0.5) is 18.9 Å². The van der Waals surface area contributed by atoms with Crippen LogP contribution in [0.1, 0.15) is 17.5 Å². The zero-order valence-corrected chi connectivity index (χ0v) is 15.0. The maximum Gasteiger partial charge on any atom is 0.416 e. The summed E-state index contributed by atoms with van der Waals surface area (Å²) in [6.07, 6.45) is -3.89. The predicted octanol–water partition coefficient (Wildman–Crippen LogP) is 4.49. The second kappa shape index (κ2) is 8.88. The summed E-state index contributed by atoms with van der Waals surface area (Å²) in [5, 5.41) is 6.64. The third-order valence-corrected chi connectivity index (χ3v) is 3.71. The van der Waals surface area contributed by atoms with E-state index in [2.05, 4.69) is 15.8 Å². The summed E-state index contributed by atoms with van der Waals surface area (Å²) in [7, 11) is 0. The number of hydrazone groups is 1. The summed E-state index contributed by atoms with van der Waals surface area (Å²) >= 11 is 11.7. The molecule has 0 aromatic heterocycles. The zero-order valence-electron chi connectivity index (χ0n) is 13.5. The Bertz CT molecular complexity index is 886. The van der Waals surface area contributed by atoms with Crippen LogP contribution in [-0.2, 0) is 15.8 Å². The van der Waals surface area contributed by atoms with Gasteiger partial charge in [-0.2, -0.15) is 18.3 Å². The number of alkyl halides is 3. The van der Waals surface area contributed by atoms with Crippen LogP contribution < -0.4 is 10.7 Å². The fraction of sp³-hybridized carbons (Fsp3) is 0.118. The summed E-state index contributed by atoms with van der Waals surface area (Å²) in [6.45, 7) is 0. The van der Waals surface area contributed by atoms with Crippen molar-refractivity contribution in [3.05, 3.63) is 63.6 Å². The molecule has 2 aromatic rings. The molecule has 27 heavy (non-hydrogen) atoms. The van der Waals surface area contributed by atoms with Crippen LogP contribution in [0.5, 0.6) is 0 Å². The fourth-order valence-electron chi connectivity index (χ4n) is 1.94. The summed E-state index contributed by atoms with van der Waals surface area (Å²) in [4.78, 5) is 23.4. The van der Waals surface area contributed by atoms with Gasteiger partial charge in [0.1, 0.15) is 6.42 Å². The third kappa shape index (κ3) is 6.58. The third-order valence-electron chi connectivity index (χ3n) is 3.15. The van der Waals surface area contributed by atoms with Crippen LogP contribution in [0.2, 0.25) is 10.0 Å². The number of carbonyl (C=O) groups is 2. The first-order valence-electron chi connectivity index (χ1n) is 7.39. The Morgan fingerprint density at radius 2 is 1.81 bits per heavy atom. The molecule has 0 aliphatic heterocycles. The minimum atomic E-state index is -4.53. The van der Waals surface area contributed by atoms with Crippen molar-refractivity contribution in [3.8, 4) is 0 Å². The van der Waals surface area contributed by atoms with E-state index in [0.717, 1.165) is 18.2 Å². The van der Waals surface area contributed by atoms with Gasteiger partial charge in [-0.05, 0) is 30.3 Å². The standard InChI is InChI=1S/C17H12Cl2F3N3O2/c18-12-5-4-10(14(19)7-12)9-23-25-16(27)8-15(26)24-13-3-1-2-11(6-13)17(20,21)22/h1-7,9H,8H2,(H,24,26)(H,25,27)/b23-9-. The Hall–Kier alpha value is -2.58. The summed E-state index contributed by atoms with van der Waals surface area (Å²) in [5.41, 5.74) is 1.64. The highest BCUT2D eigenvalue weighted by atomic mass is 35.5. The highest BCUT2D eigenvalue weighted by Gasteiger charge is 2.30. The molecule has 0 saturated carbocycles. The van der Waals surface area contributed by atoms with Gasteiger partial charge in [-0.25, -0.2) is 5.43 Å². The average molecular weight is 418 g/mol. The second-order valence-electron chi connectivity index (χ2n) is 5.26. The van der Waals surface area contributed by atoms with E-state index in [1.807, 2.05) is 0 Å². The van der Waals surface area contributed by atoms with Gasteiger partial charge in [-0.3, -0.25) is 9.59 Å². The molecule has 2 amide bonds. The van der Waals surface area contributed by atoms with Crippen molar-refractivity contribution in [2.24, 2.45) is 5.10 Å². The van der Waals surface area contributed by atoms with Crippen LogP contribution in [0, 0.1) is 0 Å². The lowest BCUT2D eigenvalue weighted by molar-refractivity contribution is -0.137. The van der Waals surface area contributed by atoms with E-state index in [1.165, 1.54) is 18.3 Å². The van der Waals surface area contributed by atoms with Gasteiger partial charge < -0.3 is 5.32 Å². The van der Waals surface area contributed by atoms with Gasteiger partial charge in [-0.15, -0.1) is 0 Å². The minimum Gasteiger partial charge on any atom is -0.326 e. The van der Waals surface area contributed by atoms with Crippen molar-refractivity contribution in [1.29, 1.82) is 0 Å². The molecule has 0 fully saturated rings. The van der Waals surface area contributed by atoms with Crippen molar-refractivity contribution in [2.75, 3.05) is 5.32 Å². The van der Waals surface area contributed by atoms with Crippen LogP contribution in [0.15, 0.2) is 47.6 Å². The molecule has 2 rings (SSSR count). The molecule has 0 spiro atoms. The molecule has 0 atom stereocenters. The van der Waals surface area contributed by atoms with Gasteiger partial charge in [0.2, 0.25) is 11.8 Å². The number of rotatable bonds is 5. The first-order chi connectivity index (χ1) is 12.6. The summed E-state index contributed by atoms with van der Waals surface area (Å²) < 4.78 is 37.9. The average Bonchev–Trinajstić information content (AvgIpc) is 2.56. The monoisotopic (exact) mass is 417 g/mol. The van der Waals surface area contributed by atoms with Crippen molar-refractivity contribution in [1.82, 2.24) is 5.43 Å². The zero-order chi connectivity index (χ0) is 20.0. The van der Waals surface area contributed by atoms with E-state index in [-0.39, 0.29) is 5.69 Å². The molecule has 0 bridgehead atoms. The van der Waals surface area contributed by atoms with Gasteiger partial charge in [0.15, 0.2) is 0 Å². The molecule has 0 heterocycles. The number of anilines is 1. The van der Waals surface area contributed by atoms with E-state index in [1.54, 1.807) is 12.1 Å². The van der Waals surface area contributed by atoms with Gasteiger partial charge >= 0.3 is 6.18 Å². The number of nitrogens with zero attached hydrogens (tertiary/aromatic N) is 1. The lowest BCUT2D eigenvalue weighted by Crippen LogP contribution is -2.24. The molecule has 0 aliphatic rings. The fourth-order valence-corrected chi connectivity index (χ4v) is 2.40. The summed E-state index contributed by atoms with van der Waals surface area (Å²) in [6, 6.07) is 8.74. The first-order valence-corrected chi connectivity index (χ1v) is 8.15. The minimum absolute atomic E-state index is 0.0703. The highest BCUT2D eigenvalue weighted by molar-refractivity contribution is 6.36. The number of hydrogen-bond acceptors (Lipinski definition) is 3. The lowest BCUT2D eigenvalue weighted by atomic mass is 10.2. The Balaban J connectivity index is 1.88. The van der Waals surface area contributed by atoms with Crippen LogP contribution in [-0.4, -0.2) is 18.0 Å². The molecule has 10 heteroatoms. The van der Waals surface area contributed by atoms with Crippen molar-refractivity contribution in [3.63, 3.8) is 0 Å².